The first kappa shape index (κ1) is 15.5. The third kappa shape index (κ3) is 4.04. The summed E-state index contributed by atoms with van der Waals surface area (Å²) in [6.45, 7) is 7.18. The van der Waals surface area contributed by atoms with E-state index in [2.05, 4.69) is 27.5 Å². The molecule has 0 bridgehead atoms. The number of hydrogen-bond acceptors (Lipinski definition) is 5. The largest absolute Gasteiger partial charge is 0.388 e. The SMILES string of the molecule is CCCNc1nc(NCC(C)(O)CC)c2ccccc2n1. The maximum absolute atomic E-state index is 10.1. The maximum Gasteiger partial charge on any atom is 0.225 e. The second kappa shape index (κ2) is 6.72. The van der Waals surface area contributed by atoms with Crippen LogP contribution in [-0.2, 0) is 0 Å². The minimum atomic E-state index is -0.747. The maximum atomic E-state index is 10.1. The molecular formula is C16H24N4O. The van der Waals surface area contributed by atoms with Gasteiger partial charge in [0.25, 0.3) is 0 Å². The average molecular weight is 288 g/mol. The van der Waals surface area contributed by atoms with Crippen molar-refractivity contribution in [3.63, 3.8) is 0 Å². The molecule has 2 rings (SSSR count). The monoisotopic (exact) mass is 288 g/mol. The topological polar surface area (TPSA) is 70.1 Å². The summed E-state index contributed by atoms with van der Waals surface area (Å²) in [5, 5.41) is 17.6. The van der Waals surface area contributed by atoms with Crippen molar-refractivity contribution in [3.05, 3.63) is 24.3 Å². The Morgan fingerprint density at radius 2 is 1.90 bits per heavy atom. The summed E-state index contributed by atoms with van der Waals surface area (Å²) in [6.07, 6.45) is 1.70. The molecule has 3 N–H and O–H groups in total. The van der Waals surface area contributed by atoms with Gasteiger partial charge in [0.1, 0.15) is 5.82 Å². The molecule has 0 radical (unpaired) electrons. The van der Waals surface area contributed by atoms with Gasteiger partial charge in [-0.1, -0.05) is 26.0 Å². The van der Waals surface area contributed by atoms with Gasteiger partial charge in [0, 0.05) is 18.5 Å². The molecule has 1 aromatic carbocycles. The number of rotatable bonds is 7. The molecule has 5 heteroatoms. The second-order valence-electron chi connectivity index (χ2n) is 5.54. The number of para-hydroxylation sites is 1. The summed E-state index contributed by atoms with van der Waals surface area (Å²) in [5.41, 5.74) is 0.146. The van der Waals surface area contributed by atoms with Crippen LogP contribution in [0.25, 0.3) is 10.9 Å². The summed E-state index contributed by atoms with van der Waals surface area (Å²) in [6, 6.07) is 7.89. The van der Waals surface area contributed by atoms with Crippen LogP contribution in [0.15, 0.2) is 24.3 Å². The summed E-state index contributed by atoms with van der Waals surface area (Å²) < 4.78 is 0. The number of hydrogen-bond donors (Lipinski definition) is 3. The highest BCUT2D eigenvalue weighted by Crippen LogP contribution is 2.22. The van der Waals surface area contributed by atoms with Crippen LogP contribution >= 0.6 is 0 Å². The first-order valence-electron chi connectivity index (χ1n) is 7.52. The number of aromatic nitrogens is 2. The van der Waals surface area contributed by atoms with Crippen LogP contribution < -0.4 is 10.6 Å². The van der Waals surface area contributed by atoms with Crippen LogP contribution in [0.5, 0.6) is 0 Å². The molecule has 0 saturated carbocycles. The molecule has 114 valence electrons. The van der Waals surface area contributed by atoms with Crippen LogP contribution in [0.2, 0.25) is 0 Å². The van der Waals surface area contributed by atoms with Crippen molar-refractivity contribution in [3.8, 4) is 0 Å². The van der Waals surface area contributed by atoms with E-state index in [0.717, 1.165) is 29.7 Å². The average Bonchev–Trinajstić information content (AvgIpc) is 2.50. The Morgan fingerprint density at radius 3 is 2.62 bits per heavy atom. The van der Waals surface area contributed by atoms with Crippen molar-refractivity contribution < 1.29 is 5.11 Å². The van der Waals surface area contributed by atoms with Crippen LogP contribution in [0.3, 0.4) is 0 Å². The summed E-state index contributed by atoms with van der Waals surface area (Å²) in [4.78, 5) is 9.04. The van der Waals surface area contributed by atoms with Gasteiger partial charge in [-0.3, -0.25) is 0 Å². The van der Waals surface area contributed by atoms with E-state index in [9.17, 15) is 5.11 Å². The normalized spacial score (nSPS) is 13.9. The lowest BCUT2D eigenvalue weighted by atomic mass is 10.0. The Kier molecular flexibility index (Phi) is 4.96. The fraction of sp³-hybridized carbons (Fsp3) is 0.500. The Balaban J connectivity index is 2.30. The third-order valence-electron chi connectivity index (χ3n) is 3.53. The first-order valence-corrected chi connectivity index (χ1v) is 7.52. The minimum absolute atomic E-state index is 0.456. The summed E-state index contributed by atoms with van der Waals surface area (Å²) >= 11 is 0. The Bertz CT molecular complexity index is 598. The zero-order valence-electron chi connectivity index (χ0n) is 13.0. The molecule has 0 saturated heterocycles. The Labute approximate surface area is 125 Å². The van der Waals surface area contributed by atoms with E-state index in [1.807, 2.05) is 38.1 Å². The molecule has 1 aromatic heterocycles. The van der Waals surface area contributed by atoms with Crippen molar-refractivity contribution in [2.45, 2.75) is 39.2 Å². The molecule has 1 atom stereocenters. The lowest BCUT2D eigenvalue weighted by molar-refractivity contribution is 0.0697. The van der Waals surface area contributed by atoms with Gasteiger partial charge in [-0.25, -0.2) is 4.98 Å². The van der Waals surface area contributed by atoms with Gasteiger partial charge in [0.2, 0.25) is 5.95 Å². The van der Waals surface area contributed by atoms with Gasteiger partial charge in [-0.05, 0) is 31.9 Å². The molecule has 21 heavy (non-hydrogen) atoms. The molecule has 0 fully saturated rings. The van der Waals surface area contributed by atoms with Gasteiger partial charge in [-0.2, -0.15) is 4.98 Å². The molecule has 0 aliphatic rings. The van der Waals surface area contributed by atoms with Gasteiger partial charge >= 0.3 is 0 Å². The van der Waals surface area contributed by atoms with E-state index < -0.39 is 5.60 Å². The summed E-state index contributed by atoms with van der Waals surface area (Å²) in [7, 11) is 0. The smallest absolute Gasteiger partial charge is 0.225 e. The standard InChI is InChI=1S/C16H24N4O/c1-4-10-17-15-19-13-9-7-6-8-12(13)14(20-15)18-11-16(3,21)5-2/h6-9,21H,4-5,10-11H2,1-3H3,(H2,17,18,19,20). The van der Waals surface area contributed by atoms with E-state index in [-0.39, 0.29) is 0 Å². The fourth-order valence-electron chi connectivity index (χ4n) is 1.93. The zero-order valence-corrected chi connectivity index (χ0v) is 13.0. The number of nitrogens with zero attached hydrogens (tertiary/aromatic N) is 2. The Hall–Kier alpha value is -1.88. The first-order chi connectivity index (χ1) is 10.1. The van der Waals surface area contributed by atoms with E-state index in [1.54, 1.807) is 0 Å². The van der Waals surface area contributed by atoms with Gasteiger partial charge in [0.05, 0.1) is 11.1 Å². The molecule has 5 nitrogen and oxygen atoms in total. The molecule has 1 unspecified atom stereocenters. The molecule has 0 aliphatic carbocycles. The van der Waals surface area contributed by atoms with Gasteiger partial charge in [0.15, 0.2) is 0 Å². The number of fused-ring (bicyclic) bond motifs is 1. The molecule has 0 aliphatic heterocycles. The van der Waals surface area contributed by atoms with Gasteiger partial charge < -0.3 is 15.7 Å². The predicted molar refractivity (Wildman–Crippen MR) is 87.7 cm³/mol. The molecule has 0 amide bonds. The van der Waals surface area contributed by atoms with Crippen LogP contribution in [-0.4, -0.2) is 33.8 Å². The van der Waals surface area contributed by atoms with E-state index in [1.165, 1.54) is 0 Å². The van der Waals surface area contributed by atoms with Crippen LogP contribution in [0, 0.1) is 0 Å². The van der Waals surface area contributed by atoms with Crippen LogP contribution in [0.4, 0.5) is 11.8 Å². The number of anilines is 2. The lowest BCUT2D eigenvalue weighted by Gasteiger charge is -2.22. The molecule has 0 spiro atoms. The van der Waals surface area contributed by atoms with E-state index in [4.69, 9.17) is 0 Å². The van der Waals surface area contributed by atoms with Crippen molar-refractivity contribution in [2.75, 3.05) is 23.7 Å². The number of aliphatic hydroxyl groups is 1. The van der Waals surface area contributed by atoms with E-state index >= 15 is 0 Å². The molecule has 1 heterocycles. The molecular weight excluding hydrogens is 264 g/mol. The van der Waals surface area contributed by atoms with E-state index in [0.29, 0.717) is 18.9 Å². The highest BCUT2D eigenvalue weighted by molar-refractivity contribution is 5.90. The van der Waals surface area contributed by atoms with Crippen molar-refractivity contribution in [2.24, 2.45) is 0 Å². The lowest BCUT2D eigenvalue weighted by Crippen LogP contribution is -2.32. The molecule has 2 aromatic rings. The van der Waals surface area contributed by atoms with Crippen LogP contribution in [0.1, 0.15) is 33.6 Å². The van der Waals surface area contributed by atoms with Crippen molar-refractivity contribution in [1.82, 2.24) is 9.97 Å². The van der Waals surface area contributed by atoms with Crippen molar-refractivity contribution in [1.29, 1.82) is 0 Å². The second-order valence-corrected chi connectivity index (χ2v) is 5.54. The number of nitrogens with one attached hydrogen (secondary N) is 2. The summed E-state index contributed by atoms with van der Waals surface area (Å²) in [5.74, 6) is 1.38. The Morgan fingerprint density at radius 1 is 1.14 bits per heavy atom. The fourth-order valence-corrected chi connectivity index (χ4v) is 1.93. The van der Waals surface area contributed by atoms with Gasteiger partial charge in [-0.15, -0.1) is 0 Å². The number of benzene rings is 1. The predicted octanol–water partition coefficient (Wildman–Crippen LogP) is 3.02. The third-order valence-corrected chi connectivity index (χ3v) is 3.53. The minimum Gasteiger partial charge on any atom is -0.388 e. The quantitative estimate of drug-likeness (QED) is 0.730. The zero-order chi connectivity index (χ0) is 15.3. The van der Waals surface area contributed by atoms with Crippen molar-refractivity contribution >= 4 is 22.7 Å². The highest BCUT2D eigenvalue weighted by atomic mass is 16.3. The highest BCUT2D eigenvalue weighted by Gasteiger charge is 2.18.